The maximum absolute atomic E-state index is 11.4. The van der Waals surface area contributed by atoms with Crippen LogP contribution in [0.15, 0.2) is 24.3 Å². The van der Waals surface area contributed by atoms with Crippen LogP contribution in [0.3, 0.4) is 0 Å². The molecule has 1 aromatic rings. The van der Waals surface area contributed by atoms with Crippen molar-refractivity contribution in [1.82, 2.24) is 0 Å². The summed E-state index contributed by atoms with van der Waals surface area (Å²) < 4.78 is 28.3. The molecule has 5 heteroatoms. The maximum Gasteiger partial charge on any atom is 0.153 e. The first kappa shape index (κ1) is 14.0. The summed E-state index contributed by atoms with van der Waals surface area (Å²) in [6.45, 7) is 2.49. The van der Waals surface area contributed by atoms with Crippen molar-refractivity contribution in [3.63, 3.8) is 0 Å². The highest BCUT2D eigenvalue weighted by atomic mass is 32.2. The van der Waals surface area contributed by atoms with Crippen molar-refractivity contribution in [2.45, 2.75) is 19.9 Å². The van der Waals surface area contributed by atoms with E-state index in [1.165, 1.54) is 0 Å². The second-order valence-electron chi connectivity index (χ2n) is 3.85. The van der Waals surface area contributed by atoms with E-state index in [2.05, 4.69) is 0 Å². The molecule has 0 saturated heterocycles. The molecule has 0 aliphatic rings. The first-order chi connectivity index (χ1) is 8.07. The van der Waals surface area contributed by atoms with Crippen LogP contribution in [0.2, 0.25) is 0 Å². The zero-order valence-corrected chi connectivity index (χ0v) is 10.9. The Hall–Kier alpha value is -1.07. The van der Waals surface area contributed by atoms with Crippen molar-refractivity contribution in [2.24, 2.45) is 5.73 Å². The summed E-state index contributed by atoms with van der Waals surface area (Å²) >= 11 is 0. The van der Waals surface area contributed by atoms with Gasteiger partial charge in [0.25, 0.3) is 0 Å². The average molecular weight is 257 g/mol. The van der Waals surface area contributed by atoms with Crippen LogP contribution in [0.4, 0.5) is 0 Å². The monoisotopic (exact) mass is 257 g/mol. The lowest BCUT2D eigenvalue weighted by molar-refractivity contribution is 0.340. The Morgan fingerprint density at radius 1 is 1.29 bits per heavy atom. The van der Waals surface area contributed by atoms with Gasteiger partial charge in [-0.15, -0.1) is 0 Å². The Morgan fingerprint density at radius 3 is 2.71 bits per heavy atom. The highest BCUT2D eigenvalue weighted by Gasteiger charge is 2.09. The summed E-state index contributed by atoms with van der Waals surface area (Å²) in [5.74, 6) is 0.951. The number of hydrogen-bond acceptors (Lipinski definition) is 4. The second kappa shape index (κ2) is 6.61. The fourth-order valence-corrected chi connectivity index (χ4v) is 2.63. The van der Waals surface area contributed by atoms with Crippen LogP contribution in [0.25, 0.3) is 0 Å². The Morgan fingerprint density at radius 2 is 2.06 bits per heavy atom. The Bertz CT molecular complexity index is 443. The highest BCUT2D eigenvalue weighted by Crippen LogP contribution is 2.12. The molecular formula is C12H19NO3S. The molecule has 0 bridgehead atoms. The zero-order valence-electron chi connectivity index (χ0n) is 10.1. The Balaban J connectivity index is 2.45. The van der Waals surface area contributed by atoms with Gasteiger partial charge < -0.3 is 10.5 Å². The van der Waals surface area contributed by atoms with E-state index in [0.29, 0.717) is 18.7 Å². The molecule has 17 heavy (non-hydrogen) atoms. The first-order valence-corrected chi connectivity index (χ1v) is 7.52. The van der Waals surface area contributed by atoms with E-state index in [1.807, 2.05) is 25.1 Å². The predicted octanol–water partition coefficient (Wildman–Crippen LogP) is 1.35. The van der Waals surface area contributed by atoms with Gasteiger partial charge in [0, 0.05) is 6.54 Å². The summed E-state index contributed by atoms with van der Waals surface area (Å²) in [5, 5.41) is 0. The molecule has 0 heterocycles. The van der Waals surface area contributed by atoms with Crippen molar-refractivity contribution in [3.05, 3.63) is 29.8 Å². The third kappa shape index (κ3) is 5.19. The van der Waals surface area contributed by atoms with Crippen molar-refractivity contribution < 1.29 is 13.2 Å². The average Bonchev–Trinajstić information content (AvgIpc) is 2.29. The quantitative estimate of drug-likeness (QED) is 0.800. The van der Waals surface area contributed by atoms with E-state index >= 15 is 0 Å². The fraction of sp³-hybridized carbons (Fsp3) is 0.500. The number of sulfone groups is 1. The molecule has 0 saturated carbocycles. The molecule has 0 unspecified atom stereocenters. The number of ether oxygens (including phenoxy) is 1. The van der Waals surface area contributed by atoms with Crippen LogP contribution >= 0.6 is 0 Å². The smallest absolute Gasteiger partial charge is 0.153 e. The SMILES string of the molecule is CCCS(=O)(=O)CCOc1cccc(CN)c1. The van der Waals surface area contributed by atoms with Gasteiger partial charge in [-0.1, -0.05) is 19.1 Å². The summed E-state index contributed by atoms with van der Waals surface area (Å²) in [4.78, 5) is 0. The van der Waals surface area contributed by atoms with E-state index in [9.17, 15) is 8.42 Å². The maximum atomic E-state index is 11.4. The molecule has 4 nitrogen and oxygen atoms in total. The summed E-state index contributed by atoms with van der Waals surface area (Å²) in [6.07, 6.45) is 0.644. The molecule has 0 spiro atoms. The molecule has 0 amide bonds. The van der Waals surface area contributed by atoms with Crippen LogP contribution in [0.5, 0.6) is 5.75 Å². The van der Waals surface area contributed by atoms with E-state index < -0.39 is 9.84 Å². The topological polar surface area (TPSA) is 69.4 Å². The number of benzene rings is 1. The molecule has 2 N–H and O–H groups in total. The minimum atomic E-state index is -2.97. The zero-order chi connectivity index (χ0) is 12.7. The second-order valence-corrected chi connectivity index (χ2v) is 6.16. The van der Waals surface area contributed by atoms with Crippen LogP contribution in [-0.2, 0) is 16.4 Å². The predicted molar refractivity (Wildman–Crippen MR) is 68.8 cm³/mol. The van der Waals surface area contributed by atoms with Crippen molar-refractivity contribution >= 4 is 9.84 Å². The molecule has 0 fully saturated rings. The van der Waals surface area contributed by atoms with Gasteiger partial charge in [-0.3, -0.25) is 0 Å². The summed E-state index contributed by atoms with van der Waals surface area (Å²) in [5.41, 5.74) is 6.48. The molecule has 0 aliphatic carbocycles. The van der Waals surface area contributed by atoms with Gasteiger partial charge in [-0.05, 0) is 24.1 Å². The largest absolute Gasteiger partial charge is 0.493 e. The molecule has 0 aromatic heterocycles. The molecule has 0 atom stereocenters. The third-order valence-electron chi connectivity index (χ3n) is 2.31. The van der Waals surface area contributed by atoms with Gasteiger partial charge in [0.2, 0.25) is 0 Å². The number of rotatable bonds is 7. The van der Waals surface area contributed by atoms with E-state index in [-0.39, 0.29) is 18.1 Å². The van der Waals surface area contributed by atoms with Gasteiger partial charge in [-0.2, -0.15) is 0 Å². The van der Waals surface area contributed by atoms with E-state index in [1.54, 1.807) is 6.07 Å². The standard InChI is InChI=1S/C12H19NO3S/c1-2-7-17(14,15)8-6-16-12-5-3-4-11(9-12)10-13/h3-5,9H,2,6-8,10,13H2,1H3. The van der Waals surface area contributed by atoms with Gasteiger partial charge in [0.15, 0.2) is 9.84 Å². The Labute approximate surface area is 103 Å². The summed E-state index contributed by atoms with van der Waals surface area (Å²) in [6, 6.07) is 7.37. The van der Waals surface area contributed by atoms with Gasteiger partial charge in [0.1, 0.15) is 12.4 Å². The van der Waals surface area contributed by atoms with Crippen LogP contribution in [0, 0.1) is 0 Å². The molecular weight excluding hydrogens is 238 g/mol. The minimum absolute atomic E-state index is 0.0632. The molecule has 1 aromatic carbocycles. The third-order valence-corrected chi connectivity index (χ3v) is 4.13. The molecule has 0 radical (unpaired) electrons. The lowest BCUT2D eigenvalue weighted by Gasteiger charge is -2.07. The lowest BCUT2D eigenvalue weighted by Crippen LogP contribution is -2.16. The molecule has 0 aliphatic heterocycles. The fourth-order valence-electron chi connectivity index (χ4n) is 1.46. The Kier molecular flexibility index (Phi) is 5.44. The first-order valence-electron chi connectivity index (χ1n) is 5.69. The van der Waals surface area contributed by atoms with Crippen molar-refractivity contribution in [1.29, 1.82) is 0 Å². The van der Waals surface area contributed by atoms with Crippen LogP contribution in [-0.4, -0.2) is 26.5 Å². The van der Waals surface area contributed by atoms with E-state index in [0.717, 1.165) is 5.56 Å². The number of nitrogens with two attached hydrogens (primary N) is 1. The molecule has 1 rings (SSSR count). The van der Waals surface area contributed by atoms with Gasteiger partial charge in [-0.25, -0.2) is 8.42 Å². The number of hydrogen-bond donors (Lipinski definition) is 1. The highest BCUT2D eigenvalue weighted by molar-refractivity contribution is 7.91. The van der Waals surface area contributed by atoms with Gasteiger partial charge >= 0.3 is 0 Å². The summed E-state index contributed by atoms with van der Waals surface area (Å²) in [7, 11) is -2.97. The molecule has 96 valence electrons. The van der Waals surface area contributed by atoms with Crippen LogP contribution < -0.4 is 10.5 Å². The van der Waals surface area contributed by atoms with Crippen LogP contribution in [0.1, 0.15) is 18.9 Å². The van der Waals surface area contributed by atoms with Crippen molar-refractivity contribution in [3.8, 4) is 5.75 Å². The lowest BCUT2D eigenvalue weighted by atomic mass is 10.2. The minimum Gasteiger partial charge on any atom is -0.493 e. The normalized spacial score (nSPS) is 11.4. The van der Waals surface area contributed by atoms with Gasteiger partial charge in [0.05, 0.1) is 11.5 Å². The van der Waals surface area contributed by atoms with E-state index in [4.69, 9.17) is 10.5 Å². The van der Waals surface area contributed by atoms with Crippen molar-refractivity contribution in [2.75, 3.05) is 18.1 Å².